The van der Waals surface area contributed by atoms with E-state index in [1.54, 1.807) is 0 Å². The highest BCUT2D eigenvalue weighted by Gasteiger charge is 2.01. The van der Waals surface area contributed by atoms with Crippen molar-refractivity contribution in [1.82, 2.24) is 0 Å². The van der Waals surface area contributed by atoms with Crippen LogP contribution in [0, 0.1) is 12.8 Å². The Hall–Kier alpha value is -1.51. The lowest BCUT2D eigenvalue weighted by Crippen LogP contribution is -2.08. The zero-order chi connectivity index (χ0) is 12.8. The molecule has 0 spiro atoms. The molecule has 1 aromatic rings. The Morgan fingerprint density at radius 2 is 2.06 bits per heavy atom. The van der Waals surface area contributed by atoms with Crippen molar-refractivity contribution in [3.8, 4) is 0 Å². The van der Waals surface area contributed by atoms with Crippen molar-refractivity contribution in [2.24, 2.45) is 5.92 Å². The number of nitrogens with one attached hydrogen (secondary N) is 2. The van der Waals surface area contributed by atoms with Crippen LogP contribution >= 0.6 is 0 Å². The van der Waals surface area contributed by atoms with Gasteiger partial charge >= 0.3 is 0 Å². The minimum atomic E-state index is -0.0337. The van der Waals surface area contributed by atoms with Crippen molar-refractivity contribution < 1.29 is 4.79 Å². The number of rotatable bonds is 5. The summed E-state index contributed by atoms with van der Waals surface area (Å²) in [6.45, 7) is 8.93. The van der Waals surface area contributed by atoms with E-state index in [-0.39, 0.29) is 5.91 Å². The number of anilines is 2. The number of aryl methyl sites for hydroxylation is 1. The van der Waals surface area contributed by atoms with Gasteiger partial charge in [0.1, 0.15) is 0 Å². The second kappa shape index (κ2) is 6.28. The topological polar surface area (TPSA) is 41.1 Å². The highest BCUT2D eigenvalue weighted by atomic mass is 16.1. The molecular formula is C14H22N2O. The number of benzene rings is 1. The Labute approximate surface area is 104 Å². The second-order valence-electron chi connectivity index (χ2n) is 4.82. The minimum absolute atomic E-state index is 0.0337. The van der Waals surface area contributed by atoms with Crippen LogP contribution in [0.2, 0.25) is 0 Å². The van der Waals surface area contributed by atoms with Gasteiger partial charge in [-0.15, -0.1) is 0 Å². The number of carbonyl (C=O) groups excluding carboxylic acids is 1. The predicted molar refractivity (Wildman–Crippen MR) is 73.4 cm³/mol. The van der Waals surface area contributed by atoms with E-state index in [2.05, 4.69) is 30.5 Å². The first-order valence-corrected chi connectivity index (χ1v) is 6.11. The van der Waals surface area contributed by atoms with Crippen LogP contribution < -0.4 is 10.6 Å². The molecule has 1 rings (SSSR count). The summed E-state index contributed by atoms with van der Waals surface area (Å²) >= 11 is 0. The molecule has 3 nitrogen and oxygen atoms in total. The van der Waals surface area contributed by atoms with Gasteiger partial charge in [-0.2, -0.15) is 0 Å². The molecule has 3 heteroatoms. The van der Waals surface area contributed by atoms with Crippen LogP contribution in [0.3, 0.4) is 0 Å². The lowest BCUT2D eigenvalue weighted by atomic mass is 10.1. The molecule has 0 saturated carbocycles. The average Bonchev–Trinajstić information content (AvgIpc) is 2.21. The van der Waals surface area contributed by atoms with E-state index in [0.717, 1.165) is 29.9 Å². The van der Waals surface area contributed by atoms with E-state index in [9.17, 15) is 4.79 Å². The zero-order valence-electron chi connectivity index (χ0n) is 11.1. The first-order chi connectivity index (χ1) is 7.99. The quantitative estimate of drug-likeness (QED) is 0.819. The average molecular weight is 234 g/mol. The number of hydrogen-bond acceptors (Lipinski definition) is 2. The largest absolute Gasteiger partial charge is 0.385 e. The third-order valence-corrected chi connectivity index (χ3v) is 2.59. The van der Waals surface area contributed by atoms with Gasteiger partial charge in [-0.3, -0.25) is 4.79 Å². The summed E-state index contributed by atoms with van der Waals surface area (Å²) in [6, 6.07) is 6.00. The summed E-state index contributed by atoms with van der Waals surface area (Å²) in [7, 11) is 0. The Kier molecular flexibility index (Phi) is 5.01. The normalized spacial score (nSPS) is 10.4. The molecule has 1 aromatic carbocycles. The summed E-state index contributed by atoms with van der Waals surface area (Å²) < 4.78 is 0. The van der Waals surface area contributed by atoms with Crippen molar-refractivity contribution in [3.63, 3.8) is 0 Å². The molecule has 0 fully saturated rings. The second-order valence-corrected chi connectivity index (χ2v) is 4.82. The molecule has 0 unspecified atom stereocenters. The number of hydrogen-bond donors (Lipinski definition) is 2. The van der Waals surface area contributed by atoms with Crippen LogP contribution in [0.25, 0.3) is 0 Å². The third kappa shape index (κ3) is 4.89. The molecule has 2 N–H and O–H groups in total. The molecule has 0 saturated heterocycles. The first-order valence-electron chi connectivity index (χ1n) is 6.11. The smallest absolute Gasteiger partial charge is 0.221 e. The van der Waals surface area contributed by atoms with E-state index in [1.807, 2.05) is 19.1 Å². The molecule has 1 amide bonds. The maximum absolute atomic E-state index is 11.0. The van der Waals surface area contributed by atoms with Crippen LogP contribution in [0.1, 0.15) is 32.8 Å². The van der Waals surface area contributed by atoms with E-state index in [4.69, 9.17) is 0 Å². The molecule has 0 aromatic heterocycles. The highest BCUT2D eigenvalue weighted by molar-refractivity contribution is 5.89. The molecule has 0 radical (unpaired) electrons. The monoisotopic (exact) mass is 234 g/mol. The Morgan fingerprint density at radius 1 is 1.35 bits per heavy atom. The molecule has 0 atom stereocenters. The Morgan fingerprint density at radius 3 is 2.59 bits per heavy atom. The predicted octanol–water partition coefficient (Wildman–Crippen LogP) is 3.41. The maximum Gasteiger partial charge on any atom is 0.221 e. The molecule has 17 heavy (non-hydrogen) atoms. The van der Waals surface area contributed by atoms with E-state index in [1.165, 1.54) is 6.92 Å². The molecule has 0 aliphatic heterocycles. The summed E-state index contributed by atoms with van der Waals surface area (Å²) in [4.78, 5) is 11.0. The summed E-state index contributed by atoms with van der Waals surface area (Å²) in [5, 5.41) is 6.19. The summed E-state index contributed by atoms with van der Waals surface area (Å²) in [5.74, 6) is 0.677. The standard InChI is InChI=1S/C14H22N2O/c1-10(2)7-8-15-13-5-6-14(11(3)9-13)16-12(4)17/h5-6,9-10,15H,7-8H2,1-4H3,(H,16,17). The molecule has 0 heterocycles. The van der Waals surface area contributed by atoms with Crippen molar-refractivity contribution in [1.29, 1.82) is 0 Å². The molecule has 0 aliphatic carbocycles. The number of amides is 1. The maximum atomic E-state index is 11.0. The van der Waals surface area contributed by atoms with Gasteiger partial charge in [-0.05, 0) is 43.0 Å². The summed E-state index contributed by atoms with van der Waals surface area (Å²) in [6.07, 6.45) is 1.16. The van der Waals surface area contributed by atoms with Crippen LogP contribution in [0.4, 0.5) is 11.4 Å². The van der Waals surface area contributed by atoms with Crippen molar-refractivity contribution in [2.75, 3.05) is 17.2 Å². The van der Waals surface area contributed by atoms with Gasteiger partial charge in [-0.1, -0.05) is 13.8 Å². The van der Waals surface area contributed by atoms with Crippen molar-refractivity contribution in [2.45, 2.75) is 34.1 Å². The first kappa shape index (κ1) is 13.6. The van der Waals surface area contributed by atoms with Crippen LogP contribution in [0.5, 0.6) is 0 Å². The lowest BCUT2D eigenvalue weighted by Gasteiger charge is -2.11. The fourth-order valence-corrected chi connectivity index (χ4v) is 1.61. The van der Waals surface area contributed by atoms with E-state index < -0.39 is 0 Å². The molecule has 0 bridgehead atoms. The van der Waals surface area contributed by atoms with Crippen molar-refractivity contribution in [3.05, 3.63) is 23.8 Å². The van der Waals surface area contributed by atoms with Gasteiger partial charge < -0.3 is 10.6 Å². The van der Waals surface area contributed by atoms with Crippen molar-refractivity contribution >= 4 is 17.3 Å². The SMILES string of the molecule is CC(=O)Nc1ccc(NCCC(C)C)cc1C. The van der Waals surface area contributed by atoms with Crippen LogP contribution in [0.15, 0.2) is 18.2 Å². The van der Waals surface area contributed by atoms with Gasteiger partial charge in [-0.25, -0.2) is 0 Å². The fraction of sp³-hybridized carbons (Fsp3) is 0.500. The lowest BCUT2D eigenvalue weighted by molar-refractivity contribution is -0.114. The summed E-state index contributed by atoms with van der Waals surface area (Å²) in [5.41, 5.74) is 3.07. The molecular weight excluding hydrogens is 212 g/mol. The number of carbonyl (C=O) groups is 1. The van der Waals surface area contributed by atoms with Gasteiger partial charge in [0.15, 0.2) is 0 Å². The zero-order valence-corrected chi connectivity index (χ0v) is 11.1. The van der Waals surface area contributed by atoms with Crippen LogP contribution in [-0.2, 0) is 4.79 Å². The Balaban J connectivity index is 2.59. The Bertz CT molecular complexity index is 386. The van der Waals surface area contributed by atoms with Gasteiger partial charge in [0, 0.05) is 24.8 Å². The van der Waals surface area contributed by atoms with E-state index in [0.29, 0.717) is 5.92 Å². The van der Waals surface area contributed by atoms with Crippen LogP contribution in [-0.4, -0.2) is 12.5 Å². The fourth-order valence-electron chi connectivity index (χ4n) is 1.61. The van der Waals surface area contributed by atoms with Gasteiger partial charge in [0.05, 0.1) is 0 Å². The van der Waals surface area contributed by atoms with Gasteiger partial charge in [0.2, 0.25) is 5.91 Å². The minimum Gasteiger partial charge on any atom is -0.385 e. The molecule has 94 valence electrons. The van der Waals surface area contributed by atoms with Gasteiger partial charge in [0.25, 0.3) is 0 Å². The third-order valence-electron chi connectivity index (χ3n) is 2.59. The molecule has 0 aliphatic rings. The highest BCUT2D eigenvalue weighted by Crippen LogP contribution is 2.19. The van der Waals surface area contributed by atoms with E-state index >= 15 is 0 Å².